The third-order valence-corrected chi connectivity index (χ3v) is 7.54. The molecule has 2 aromatic carbocycles. The van der Waals surface area contributed by atoms with Gasteiger partial charge in [-0.25, -0.2) is 4.98 Å². The molecule has 1 amide bonds. The number of aromatic amines is 2. The smallest absolute Gasteiger partial charge is 0.235 e. The van der Waals surface area contributed by atoms with Gasteiger partial charge in [0.25, 0.3) is 0 Å². The Labute approximate surface area is 205 Å². The quantitative estimate of drug-likeness (QED) is 0.288. The highest BCUT2D eigenvalue weighted by atomic mass is 16.2. The Balaban J connectivity index is 1.28. The van der Waals surface area contributed by atoms with Gasteiger partial charge in [-0.3, -0.25) is 9.89 Å². The van der Waals surface area contributed by atoms with Gasteiger partial charge in [0.05, 0.1) is 23.5 Å². The Hall–Kier alpha value is -3.67. The lowest BCUT2D eigenvalue weighted by atomic mass is 9.82. The van der Waals surface area contributed by atoms with E-state index >= 15 is 0 Å². The van der Waals surface area contributed by atoms with Crippen LogP contribution in [0, 0.1) is 31.6 Å². The summed E-state index contributed by atoms with van der Waals surface area (Å²) in [6.07, 6.45) is 6.74. The second-order valence-electron chi connectivity index (χ2n) is 10.2. The number of aromatic nitrogens is 4. The SMILES string of the molecule is Cc1n[nH]c(C)c1-c1ccc(NC(=O)C(c2ncc(-c3ccccc3)[nH]2)C(C2CC2)C2CC2)cc1. The van der Waals surface area contributed by atoms with Crippen molar-refractivity contribution in [2.45, 2.75) is 45.4 Å². The summed E-state index contributed by atoms with van der Waals surface area (Å²) < 4.78 is 0. The highest BCUT2D eigenvalue weighted by Crippen LogP contribution is 2.54. The second kappa shape index (κ2) is 8.84. The van der Waals surface area contributed by atoms with E-state index in [1.165, 1.54) is 25.7 Å². The average Bonchev–Trinajstić information content (AvgIpc) is 3.81. The van der Waals surface area contributed by atoms with Gasteiger partial charge in [-0.1, -0.05) is 42.5 Å². The van der Waals surface area contributed by atoms with Crippen LogP contribution in [0.1, 0.15) is 48.8 Å². The minimum atomic E-state index is -0.273. The summed E-state index contributed by atoms with van der Waals surface area (Å²) in [5.74, 6) is 2.14. The number of hydrogen-bond donors (Lipinski definition) is 3. The highest BCUT2D eigenvalue weighted by Gasteiger charge is 2.49. The number of nitrogens with one attached hydrogen (secondary N) is 3. The van der Waals surface area contributed by atoms with Crippen LogP contribution in [0.4, 0.5) is 5.69 Å². The maximum atomic E-state index is 13.8. The lowest BCUT2D eigenvalue weighted by molar-refractivity contribution is -0.119. The predicted molar refractivity (Wildman–Crippen MR) is 138 cm³/mol. The molecule has 2 aliphatic carbocycles. The molecule has 6 heteroatoms. The van der Waals surface area contributed by atoms with E-state index in [4.69, 9.17) is 4.98 Å². The van der Waals surface area contributed by atoms with Gasteiger partial charge in [0.1, 0.15) is 5.82 Å². The van der Waals surface area contributed by atoms with Crippen LogP contribution in [0.3, 0.4) is 0 Å². The number of rotatable bonds is 8. The van der Waals surface area contributed by atoms with Gasteiger partial charge in [0, 0.05) is 16.9 Å². The fourth-order valence-corrected chi connectivity index (χ4v) is 5.55. The molecule has 2 aromatic heterocycles. The summed E-state index contributed by atoms with van der Waals surface area (Å²) in [6.45, 7) is 4.03. The standard InChI is InChI=1S/C29H31N5O/c1-17-25(18(2)34-33-17)20-12-14-23(15-13-20)31-29(35)27(26(21-8-9-21)22-10-11-22)28-30-16-24(32-28)19-6-4-3-5-7-19/h3-7,12-16,21-22,26-27H,8-11H2,1-2H3,(H,30,32)(H,31,35)(H,33,34). The first-order chi connectivity index (χ1) is 17.1. The van der Waals surface area contributed by atoms with Gasteiger partial charge in [-0.2, -0.15) is 5.10 Å². The number of anilines is 1. The average molecular weight is 466 g/mol. The van der Waals surface area contributed by atoms with Gasteiger partial charge in [0.15, 0.2) is 0 Å². The summed E-state index contributed by atoms with van der Waals surface area (Å²) in [5, 5.41) is 10.6. The van der Waals surface area contributed by atoms with E-state index in [1.54, 1.807) is 0 Å². The molecular weight excluding hydrogens is 434 g/mol. The van der Waals surface area contributed by atoms with E-state index in [2.05, 4.69) is 44.8 Å². The number of benzene rings is 2. The van der Waals surface area contributed by atoms with E-state index in [0.717, 1.165) is 45.3 Å². The summed E-state index contributed by atoms with van der Waals surface area (Å²) in [7, 11) is 0. The van der Waals surface area contributed by atoms with Gasteiger partial charge in [0.2, 0.25) is 5.91 Å². The molecule has 2 heterocycles. The third kappa shape index (κ3) is 4.41. The van der Waals surface area contributed by atoms with Crippen molar-refractivity contribution >= 4 is 11.6 Å². The molecule has 2 fully saturated rings. The molecule has 0 bridgehead atoms. The van der Waals surface area contributed by atoms with E-state index in [1.807, 2.05) is 50.4 Å². The molecule has 4 aromatic rings. The van der Waals surface area contributed by atoms with E-state index < -0.39 is 0 Å². The second-order valence-corrected chi connectivity index (χ2v) is 10.2. The Bertz CT molecular complexity index is 1300. The first kappa shape index (κ1) is 21.8. The molecule has 6 nitrogen and oxygen atoms in total. The van der Waals surface area contributed by atoms with Gasteiger partial charge in [-0.05, 0) is 80.5 Å². The van der Waals surface area contributed by atoms with Crippen LogP contribution in [0.25, 0.3) is 22.4 Å². The normalized spacial score (nSPS) is 16.4. The van der Waals surface area contributed by atoms with Crippen molar-refractivity contribution in [2.24, 2.45) is 17.8 Å². The zero-order chi connectivity index (χ0) is 23.9. The molecule has 1 unspecified atom stereocenters. The van der Waals surface area contributed by atoms with Gasteiger partial charge < -0.3 is 10.3 Å². The van der Waals surface area contributed by atoms with Gasteiger partial charge >= 0.3 is 0 Å². The Morgan fingerprint density at radius 3 is 2.23 bits per heavy atom. The first-order valence-electron chi connectivity index (χ1n) is 12.6. The van der Waals surface area contributed by atoms with Crippen molar-refractivity contribution < 1.29 is 4.79 Å². The van der Waals surface area contributed by atoms with Crippen molar-refractivity contribution in [3.8, 4) is 22.4 Å². The molecule has 178 valence electrons. The number of imidazole rings is 1. The Kier molecular flexibility index (Phi) is 5.51. The number of carbonyl (C=O) groups is 1. The molecule has 1 atom stereocenters. The zero-order valence-electron chi connectivity index (χ0n) is 20.2. The van der Waals surface area contributed by atoms with E-state index in [0.29, 0.717) is 17.8 Å². The molecule has 0 spiro atoms. The van der Waals surface area contributed by atoms with Crippen molar-refractivity contribution in [3.63, 3.8) is 0 Å². The zero-order valence-corrected chi connectivity index (χ0v) is 20.2. The Morgan fingerprint density at radius 1 is 0.943 bits per heavy atom. The molecule has 3 N–H and O–H groups in total. The minimum Gasteiger partial charge on any atom is -0.341 e. The van der Waals surface area contributed by atoms with E-state index in [9.17, 15) is 4.79 Å². The lowest BCUT2D eigenvalue weighted by Crippen LogP contribution is -2.31. The van der Waals surface area contributed by atoms with Crippen molar-refractivity contribution in [3.05, 3.63) is 78.0 Å². The monoisotopic (exact) mass is 465 g/mol. The van der Waals surface area contributed by atoms with Gasteiger partial charge in [-0.15, -0.1) is 0 Å². The fraction of sp³-hybridized carbons (Fsp3) is 0.345. The van der Waals surface area contributed by atoms with Crippen LogP contribution in [0.5, 0.6) is 0 Å². The van der Waals surface area contributed by atoms with Crippen molar-refractivity contribution in [2.75, 3.05) is 5.32 Å². The predicted octanol–water partition coefficient (Wildman–Crippen LogP) is 6.24. The molecule has 0 saturated heterocycles. The fourth-order valence-electron chi connectivity index (χ4n) is 5.55. The van der Waals surface area contributed by atoms with Crippen LogP contribution < -0.4 is 5.32 Å². The van der Waals surface area contributed by atoms with Crippen LogP contribution in [0.2, 0.25) is 0 Å². The van der Waals surface area contributed by atoms with Crippen LogP contribution in [-0.2, 0) is 4.79 Å². The summed E-state index contributed by atoms with van der Waals surface area (Å²) in [5.41, 5.74) is 7.08. The Morgan fingerprint density at radius 2 is 1.63 bits per heavy atom. The third-order valence-electron chi connectivity index (χ3n) is 7.54. The number of amides is 1. The number of H-pyrrole nitrogens is 2. The number of aryl methyl sites for hydroxylation is 2. The number of carbonyl (C=O) groups excluding carboxylic acids is 1. The van der Waals surface area contributed by atoms with Crippen molar-refractivity contribution in [1.29, 1.82) is 0 Å². The number of nitrogens with zero attached hydrogens (tertiary/aromatic N) is 2. The highest BCUT2D eigenvalue weighted by molar-refractivity contribution is 5.96. The van der Waals surface area contributed by atoms with Crippen molar-refractivity contribution in [1.82, 2.24) is 20.2 Å². The molecule has 35 heavy (non-hydrogen) atoms. The minimum absolute atomic E-state index is 0.0335. The summed E-state index contributed by atoms with van der Waals surface area (Å²) >= 11 is 0. The molecule has 6 rings (SSSR count). The largest absolute Gasteiger partial charge is 0.341 e. The topological polar surface area (TPSA) is 86.5 Å². The van der Waals surface area contributed by atoms with E-state index in [-0.39, 0.29) is 11.8 Å². The first-order valence-corrected chi connectivity index (χ1v) is 12.6. The molecular formula is C29H31N5O. The van der Waals surface area contributed by atoms with Crippen LogP contribution >= 0.6 is 0 Å². The maximum absolute atomic E-state index is 13.8. The lowest BCUT2D eigenvalue weighted by Gasteiger charge is -2.25. The molecule has 0 radical (unpaired) electrons. The molecule has 2 aliphatic rings. The van der Waals surface area contributed by atoms with Crippen LogP contribution in [0.15, 0.2) is 60.8 Å². The van der Waals surface area contributed by atoms with Crippen LogP contribution in [-0.4, -0.2) is 26.1 Å². The maximum Gasteiger partial charge on any atom is 0.235 e. The number of hydrogen-bond acceptors (Lipinski definition) is 3. The molecule has 0 aliphatic heterocycles. The summed E-state index contributed by atoms with van der Waals surface area (Å²) in [4.78, 5) is 22.0. The summed E-state index contributed by atoms with van der Waals surface area (Å²) in [6, 6.07) is 18.3. The molecule has 2 saturated carbocycles.